The molecule has 11 heteroatoms. The Morgan fingerprint density at radius 2 is 2.00 bits per heavy atom. The Kier molecular flexibility index (Phi) is 6.75. The van der Waals surface area contributed by atoms with Gasteiger partial charge in [-0.15, -0.1) is 10.2 Å². The molecule has 32 heavy (non-hydrogen) atoms. The Balaban J connectivity index is 1.52. The second kappa shape index (κ2) is 9.53. The number of halogens is 2. The van der Waals surface area contributed by atoms with Gasteiger partial charge < -0.3 is 5.32 Å². The van der Waals surface area contributed by atoms with Crippen LogP contribution in [0.15, 0.2) is 47.6 Å². The summed E-state index contributed by atoms with van der Waals surface area (Å²) in [6.45, 7) is 2.04. The molecule has 0 saturated heterocycles. The number of hydrogen-bond acceptors (Lipinski definition) is 7. The molecule has 0 radical (unpaired) electrons. The van der Waals surface area contributed by atoms with Crippen LogP contribution in [0.3, 0.4) is 0 Å². The van der Waals surface area contributed by atoms with Gasteiger partial charge in [0.05, 0.1) is 22.0 Å². The number of carbonyl (C=O) groups excluding carboxylic acids is 1. The van der Waals surface area contributed by atoms with Gasteiger partial charge in [-0.3, -0.25) is 14.3 Å². The maximum Gasteiger partial charge on any atom is 0.236 e. The highest BCUT2D eigenvalue weighted by molar-refractivity contribution is 7.99. The van der Waals surface area contributed by atoms with Crippen molar-refractivity contribution in [1.82, 2.24) is 24.6 Å². The summed E-state index contributed by atoms with van der Waals surface area (Å²) in [6.07, 6.45) is 0. The summed E-state index contributed by atoms with van der Waals surface area (Å²) < 4.78 is 16.0. The molecule has 0 aliphatic carbocycles. The zero-order valence-electron chi connectivity index (χ0n) is 17.5. The number of hydrogen-bond donors (Lipinski definition) is 1. The smallest absolute Gasteiger partial charge is 0.236 e. The highest BCUT2D eigenvalue weighted by Crippen LogP contribution is 2.29. The zero-order chi connectivity index (χ0) is 22.8. The highest BCUT2D eigenvalue weighted by Gasteiger charge is 2.21. The normalized spacial score (nSPS) is 12.4. The largest absolute Gasteiger partial charge is 0.301 e. The molecule has 1 amide bonds. The number of thioether (sulfide) groups is 1. The second-order valence-corrected chi connectivity index (χ2v) is 9.67. The Hall–Kier alpha value is -2.53. The molecule has 0 fully saturated rings. The van der Waals surface area contributed by atoms with E-state index in [0.717, 1.165) is 11.5 Å². The van der Waals surface area contributed by atoms with Crippen molar-refractivity contribution in [3.8, 4) is 5.69 Å². The van der Waals surface area contributed by atoms with Crippen LogP contribution in [0.25, 0.3) is 15.9 Å². The number of fused-ring (bicyclic) bond motifs is 1. The van der Waals surface area contributed by atoms with E-state index in [1.165, 1.54) is 35.2 Å². The summed E-state index contributed by atoms with van der Waals surface area (Å²) in [4.78, 5) is 18.9. The lowest BCUT2D eigenvalue weighted by molar-refractivity contribution is -0.113. The molecule has 4 rings (SSSR count). The van der Waals surface area contributed by atoms with Crippen molar-refractivity contribution >= 4 is 56.0 Å². The van der Waals surface area contributed by atoms with Crippen molar-refractivity contribution in [2.45, 2.75) is 18.1 Å². The van der Waals surface area contributed by atoms with E-state index in [9.17, 15) is 9.18 Å². The summed E-state index contributed by atoms with van der Waals surface area (Å²) in [6, 6.07) is 11.7. The van der Waals surface area contributed by atoms with Gasteiger partial charge in [-0.25, -0.2) is 9.37 Å². The number of carbonyl (C=O) groups is 1. The van der Waals surface area contributed by atoms with Crippen LogP contribution < -0.4 is 5.32 Å². The third kappa shape index (κ3) is 4.93. The Labute approximate surface area is 197 Å². The highest BCUT2D eigenvalue weighted by atomic mass is 35.5. The van der Waals surface area contributed by atoms with Crippen LogP contribution >= 0.6 is 34.7 Å². The van der Waals surface area contributed by atoms with Gasteiger partial charge in [0.25, 0.3) is 0 Å². The average Bonchev–Trinajstić information content (AvgIpc) is 3.35. The molecule has 0 saturated carbocycles. The van der Waals surface area contributed by atoms with Gasteiger partial charge in [0, 0.05) is 10.7 Å². The van der Waals surface area contributed by atoms with Crippen LogP contribution in [0.1, 0.15) is 18.8 Å². The molecule has 2 aromatic carbocycles. The van der Waals surface area contributed by atoms with Gasteiger partial charge in [0.2, 0.25) is 5.91 Å². The number of nitrogens with zero attached hydrogens (tertiary/aromatic N) is 5. The van der Waals surface area contributed by atoms with E-state index < -0.39 is 0 Å². The fourth-order valence-electron chi connectivity index (χ4n) is 2.95. The summed E-state index contributed by atoms with van der Waals surface area (Å²) in [7, 11) is 3.94. The molecule has 0 spiro atoms. The fraction of sp³-hybridized carbons (Fsp3) is 0.238. The molecule has 0 bridgehead atoms. The van der Waals surface area contributed by atoms with E-state index in [1.54, 1.807) is 18.2 Å². The SMILES string of the molecule is CC(c1nnc(SCC(=O)Nc2nc3ccc(F)cc3s2)n1-c1ccc(Cl)cc1)N(C)C. The lowest BCUT2D eigenvalue weighted by atomic mass is 10.2. The fourth-order valence-corrected chi connectivity index (χ4v) is 4.74. The van der Waals surface area contributed by atoms with Crippen LogP contribution in [0, 0.1) is 5.82 Å². The number of thiazole rings is 1. The minimum absolute atomic E-state index is 0.00417. The van der Waals surface area contributed by atoms with Crippen LogP contribution in [-0.4, -0.2) is 50.4 Å². The summed E-state index contributed by atoms with van der Waals surface area (Å²) in [5, 5.41) is 13.1. The lowest BCUT2D eigenvalue weighted by Crippen LogP contribution is -2.21. The number of rotatable bonds is 7. The number of anilines is 1. The minimum Gasteiger partial charge on any atom is -0.301 e. The maximum absolute atomic E-state index is 13.4. The molecule has 2 aromatic heterocycles. The molecule has 0 aliphatic heterocycles. The summed E-state index contributed by atoms with van der Waals surface area (Å²) >= 11 is 8.56. The molecular formula is C21H20ClFN6OS2. The molecule has 1 unspecified atom stereocenters. The third-order valence-corrected chi connectivity index (χ3v) is 6.94. The van der Waals surface area contributed by atoms with Crippen molar-refractivity contribution in [2.75, 3.05) is 25.2 Å². The lowest BCUT2D eigenvalue weighted by Gasteiger charge is -2.20. The Morgan fingerprint density at radius 3 is 2.72 bits per heavy atom. The van der Waals surface area contributed by atoms with Crippen molar-refractivity contribution in [3.63, 3.8) is 0 Å². The molecule has 1 atom stereocenters. The van der Waals surface area contributed by atoms with Gasteiger partial charge in [0.15, 0.2) is 16.1 Å². The van der Waals surface area contributed by atoms with Gasteiger partial charge in [-0.2, -0.15) is 0 Å². The molecule has 0 aliphatic rings. The third-order valence-electron chi connectivity index (χ3n) is 4.82. The molecule has 4 aromatic rings. The number of benzene rings is 2. The first-order chi connectivity index (χ1) is 15.3. The molecular weight excluding hydrogens is 471 g/mol. The number of amides is 1. The van der Waals surface area contributed by atoms with Gasteiger partial charge in [-0.1, -0.05) is 34.7 Å². The first kappa shape index (κ1) is 22.7. The quantitative estimate of drug-likeness (QED) is 0.366. The van der Waals surface area contributed by atoms with Crippen molar-refractivity contribution in [2.24, 2.45) is 0 Å². The van der Waals surface area contributed by atoms with Crippen LogP contribution in [0.5, 0.6) is 0 Å². The Morgan fingerprint density at radius 1 is 1.25 bits per heavy atom. The van der Waals surface area contributed by atoms with Crippen LogP contribution in [0.4, 0.5) is 9.52 Å². The summed E-state index contributed by atoms with van der Waals surface area (Å²) in [5.74, 6) is 0.307. The monoisotopic (exact) mass is 490 g/mol. The number of aromatic nitrogens is 4. The average molecular weight is 491 g/mol. The molecule has 166 valence electrons. The van der Waals surface area contributed by atoms with Crippen LogP contribution in [0.2, 0.25) is 5.02 Å². The topological polar surface area (TPSA) is 75.9 Å². The predicted molar refractivity (Wildman–Crippen MR) is 127 cm³/mol. The maximum atomic E-state index is 13.4. The van der Waals surface area contributed by atoms with E-state index in [2.05, 4.69) is 20.5 Å². The molecule has 1 N–H and O–H groups in total. The van der Waals surface area contributed by atoms with E-state index in [4.69, 9.17) is 11.6 Å². The second-order valence-electron chi connectivity index (χ2n) is 7.26. The van der Waals surface area contributed by atoms with Crippen molar-refractivity contribution < 1.29 is 9.18 Å². The number of nitrogens with one attached hydrogen (secondary N) is 1. The van der Waals surface area contributed by atoms with E-state index in [-0.39, 0.29) is 23.5 Å². The Bertz CT molecular complexity index is 1260. The van der Waals surface area contributed by atoms with Gasteiger partial charge in [-0.05, 0) is 63.5 Å². The first-order valence-electron chi connectivity index (χ1n) is 9.68. The zero-order valence-corrected chi connectivity index (χ0v) is 19.9. The van der Waals surface area contributed by atoms with E-state index in [1.807, 2.05) is 42.6 Å². The molecule has 7 nitrogen and oxygen atoms in total. The standard InChI is InChI=1S/C21H20ClFN6OS2/c1-12(28(2)3)19-26-27-21(29(19)15-7-4-13(22)5-8-15)31-11-18(30)25-20-24-16-9-6-14(23)10-17(16)32-20/h4-10,12H,11H2,1-3H3,(H,24,25,30). The minimum atomic E-state index is -0.334. The van der Waals surface area contributed by atoms with E-state index >= 15 is 0 Å². The summed E-state index contributed by atoms with van der Waals surface area (Å²) in [5.41, 5.74) is 1.50. The van der Waals surface area contributed by atoms with E-state index in [0.29, 0.717) is 25.5 Å². The predicted octanol–water partition coefficient (Wildman–Crippen LogP) is 5.02. The van der Waals surface area contributed by atoms with Crippen LogP contribution in [-0.2, 0) is 4.79 Å². The van der Waals surface area contributed by atoms with Gasteiger partial charge in [0.1, 0.15) is 5.82 Å². The van der Waals surface area contributed by atoms with Crippen molar-refractivity contribution in [1.29, 1.82) is 0 Å². The van der Waals surface area contributed by atoms with Gasteiger partial charge >= 0.3 is 0 Å². The van der Waals surface area contributed by atoms with Crippen molar-refractivity contribution in [3.05, 3.63) is 59.1 Å². The first-order valence-corrected chi connectivity index (χ1v) is 11.9. The molecule has 2 heterocycles.